The van der Waals surface area contributed by atoms with Crippen molar-refractivity contribution in [2.45, 2.75) is 26.4 Å². The molecule has 0 aliphatic heterocycles. The Morgan fingerprint density at radius 3 is 2.38 bits per heavy atom. The van der Waals surface area contributed by atoms with E-state index in [1.54, 1.807) is 37.3 Å². The van der Waals surface area contributed by atoms with Crippen molar-refractivity contribution in [3.05, 3.63) is 59.1 Å². The maximum absolute atomic E-state index is 12.0. The number of ether oxygens (including phenoxy) is 2. The van der Waals surface area contributed by atoms with Crippen molar-refractivity contribution in [1.82, 2.24) is 10.9 Å². The fourth-order valence-electron chi connectivity index (χ4n) is 2.13. The molecular weight excluding hydrogens is 356 g/mol. The molecule has 0 aliphatic rings. The third kappa shape index (κ3) is 5.67. The van der Waals surface area contributed by atoms with Crippen molar-refractivity contribution in [1.29, 1.82) is 0 Å². The standard InChI is InChI=1S/C19H21ClN2O4/c1-3-14-8-4-6-10-16(14)25-12-18(23)21-22-19(24)13(2)26-17-11-7-5-9-15(17)20/h4-11,13H,3,12H2,1-2H3,(H,21,23)(H,22,24). The molecule has 0 saturated heterocycles. The van der Waals surface area contributed by atoms with Gasteiger partial charge in [-0.1, -0.05) is 48.9 Å². The number of halogens is 1. The van der Waals surface area contributed by atoms with Crippen LogP contribution in [0.4, 0.5) is 0 Å². The number of aryl methyl sites for hydroxylation is 1. The van der Waals surface area contributed by atoms with Gasteiger partial charge >= 0.3 is 0 Å². The molecule has 0 aliphatic carbocycles. The minimum absolute atomic E-state index is 0.211. The zero-order valence-corrected chi connectivity index (χ0v) is 15.4. The number of nitrogens with one attached hydrogen (secondary N) is 2. The Bertz CT molecular complexity index is 767. The molecule has 0 radical (unpaired) electrons. The quantitative estimate of drug-likeness (QED) is 0.728. The normalized spacial score (nSPS) is 11.3. The summed E-state index contributed by atoms with van der Waals surface area (Å²) in [5, 5.41) is 0.402. The van der Waals surface area contributed by atoms with Gasteiger partial charge in [0.1, 0.15) is 11.5 Å². The summed E-state index contributed by atoms with van der Waals surface area (Å²) >= 11 is 5.98. The molecule has 2 aromatic carbocycles. The van der Waals surface area contributed by atoms with Crippen LogP contribution in [0.3, 0.4) is 0 Å². The fourth-order valence-corrected chi connectivity index (χ4v) is 2.31. The summed E-state index contributed by atoms with van der Waals surface area (Å²) in [4.78, 5) is 23.8. The van der Waals surface area contributed by atoms with E-state index in [-0.39, 0.29) is 6.61 Å². The molecule has 0 bridgehead atoms. The molecule has 0 fully saturated rings. The van der Waals surface area contributed by atoms with Gasteiger partial charge in [-0.2, -0.15) is 0 Å². The summed E-state index contributed by atoms with van der Waals surface area (Å²) < 4.78 is 11.0. The van der Waals surface area contributed by atoms with Crippen LogP contribution >= 0.6 is 11.6 Å². The lowest BCUT2D eigenvalue weighted by molar-refractivity contribution is -0.133. The molecule has 0 heterocycles. The van der Waals surface area contributed by atoms with Crippen LogP contribution in [0.5, 0.6) is 11.5 Å². The number of hydrogen-bond acceptors (Lipinski definition) is 4. The summed E-state index contributed by atoms with van der Waals surface area (Å²) in [6.45, 7) is 3.35. The highest BCUT2D eigenvalue weighted by Crippen LogP contribution is 2.24. The number of amides is 2. The van der Waals surface area contributed by atoms with E-state index in [0.717, 1.165) is 12.0 Å². The van der Waals surface area contributed by atoms with E-state index in [1.165, 1.54) is 0 Å². The average Bonchev–Trinajstić information content (AvgIpc) is 2.66. The summed E-state index contributed by atoms with van der Waals surface area (Å²) in [6, 6.07) is 14.3. The van der Waals surface area contributed by atoms with Crippen molar-refractivity contribution in [3.8, 4) is 11.5 Å². The minimum atomic E-state index is -0.836. The summed E-state index contributed by atoms with van der Waals surface area (Å²) in [7, 11) is 0. The van der Waals surface area contributed by atoms with Crippen molar-refractivity contribution in [3.63, 3.8) is 0 Å². The molecule has 26 heavy (non-hydrogen) atoms. The van der Waals surface area contributed by atoms with E-state index in [2.05, 4.69) is 10.9 Å². The minimum Gasteiger partial charge on any atom is -0.483 e. The molecule has 2 N–H and O–H groups in total. The lowest BCUT2D eigenvalue weighted by Gasteiger charge is -2.16. The topological polar surface area (TPSA) is 76.7 Å². The van der Waals surface area contributed by atoms with Crippen LogP contribution < -0.4 is 20.3 Å². The second-order valence-corrected chi connectivity index (χ2v) is 5.89. The van der Waals surface area contributed by atoms with Crippen LogP contribution in [-0.2, 0) is 16.0 Å². The van der Waals surface area contributed by atoms with E-state index in [9.17, 15) is 9.59 Å². The summed E-state index contributed by atoms with van der Waals surface area (Å²) in [5.74, 6) is 0.0518. The molecule has 2 amide bonds. The average molecular weight is 377 g/mol. The molecule has 1 unspecified atom stereocenters. The first-order valence-electron chi connectivity index (χ1n) is 8.21. The zero-order chi connectivity index (χ0) is 18.9. The molecule has 1 atom stereocenters. The second kappa shape index (κ2) is 9.68. The van der Waals surface area contributed by atoms with Gasteiger partial charge in [0, 0.05) is 0 Å². The van der Waals surface area contributed by atoms with E-state index < -0.39 is 17.9 Å². The van der Waals surface area contributed by atoms with Gasteiger partial charge in [0.15, 0.2) is 12.7 Å². The Morgan fingerprint density at radius 2 is 1.69 bits per heavy atom. The van der Waals surface area contributed by atoms with E-state index in [0.29, 0.717) is 16.5 Å². The van der Waals surface area contributed by atoms with Gasteiger partial charge in [-0.25, -0.2) is 0 Å². The highest BCUT2D eigenvalue weighted by Gasteiger charge is 2.16. The van der Waals surface area contributed by atoms with Crippen LogP contribution in [0, 0.1) is 0 Å². The maximum Gasteiger partial charge on any atom is 0.279 e. The Balaban J connectivity index is 1.77. The first kappa shape index (κ1) is 19.6. The largest absolute Gasteiger partial charge is 0.483 e. The first-order valence-corrected chi connectivity index (χ1v) is 8.59. The number of para-hydroxylation sites is 2. The van der Waals surface area contributed by atoms with Crippen LogP contribution in [0.15, 0.2) is 48.5 Å². The Labute approximate surface area is 157 Å². The maximum atomic E-state index is 12.0. The lowest BCUT2D eigenvalue weighted by Crippen LogP contribution is -2.48. The summed E-state index contributed by atoms with van der Waals surface area (Å²) in [6.07, 6.45) is -0.0391. The van der Waals surface area contributed by atoms with Crippen LogP contribution in [0.25, 0.3) is 0 Å². The van der Waals surface area contributed by atoms with Crippen LogP contribution in [0.2, 0.25) is 5.02 Å². The highest BCUT2D eigenvalue weighted by molar-refractivity contribution is 6.32. The third-order valence-electron chi connectivity index (χ3n) is 3.55. The molecule has 7 heteroatoms. The highest BCUT2D eigenvalue weighted by atomic mass is 35.5. The smallest absolute Gasteiger partial charge is 0.279 e. The molecule has 0 spiro atoms. The van der Waals surface area contributed by atoms with Crippen LogP contribution in [-0.4, -0.2) is 24.5 Å². The molecule has 138 valence electrons. The van der Waals surface area contributed by atoms with Crippen LogP contribution in [0.1, 0.15) is 19.4 Å². The van der Waals surface area contributed by atoms with Gasteiger partial charge in [0.05, 0.1) is 5.02 Å². The number of benzene rings is 2. The Kier molecular flexibility index (Phi) is 7.29. The van der Waals surface area contributed by atoms with Gasteiger partial charge in [-0.15, -0.1) is 0 Å². The molecular formula is C19H21ClN2O4. The third-order valence-corrected chi connectivity index (χ3v) is 3.86. The first-order chi connectivity index (χ1) is 12.5. The number of hydrogen-bond donors (Lipinski definition) is 2. The SMILES string of the molecule is CCc1ccccc1OCC(=O)NNC(=O)C(C)Oc1ccccc1Cl. The van der Waals surface area contributed by atoms with Gasteiger partial charge in [0.2, 0.25) is 0 Å². The Hall–Kier alpha value is -2.73. The predicted octanol–water partition coefficient (Wildman–Crippen LogP) is 2.90. The predicted molar refractivity (Wildman–Crippen MR) is 99.1 cm³/mol. The van der Waals surface area contributed by atoms with Crippen molar-refractivity contribution < 1.29 is 19.1 Å². The van der Waals surface area contributed by atoms with E-state index >= 15 is 0 Å². The number of carbonyl (C=O) groups is 2. The molecule has 0 aromatic heterocycles. The second-order valence-electron chi connectivity index (χ2n) is 5.48. The van der Waals surface area contributed by atoms with Crippen molar-refractivity contribution >= 4 is 23.4 Å². The van der Waals surface area contributed by atoms with E-state index in [1.807, 2.05) is 25.1 Å². The summed E-state index contributed by atoms with van der Waals surface area (Å²) in [5.41, 5.74) is 5.60. The van der Waals surface area contributed by atoms with Gasteiger partial charge in [-0.3, -0.25) is 20.4 Å². The molecule has 0 saturated carbocycles. The van der Waals surface area contributed by atoms with E-state index in [4.69, 9.17) is 21.1 Å². The van der Waals surface area contributed by atoms with Gasteiger partial charge in [-0.05, 0) is 37.1 Å². The monoisotopic (exact) mass is 376 g/mol. The van der Waals surface area contributed by atoms with Crippen molar-refractivity contribution in [2.24, 2.45) is 0 Å². The van der Waals surface area contributed by atoms with Crippen molar-refractivity contribution in [2.75, 3.05) is 6.61 Å². The molecule has 2 rings (SSSR count). The van der Waals surface area contributed by atoms with Gasteiger partial charge < -0.3 is 9.47 Å². The number of rotatable bonds is 7. The number of carbonyl (C=O) groups excluding carboxylic acids is 2. The fraction of sp³-hybridized carbons (Fsp3) is 0.263. The Morgan fingerprint density at radius 1 is 1.04 bits per heavy atom. The molecule has 6 nitrogen and oxygen atoms in total. The van der Waals surface area contributed by atoms with Gasteiger partial charge in [0.25, 0.3) is 11.8 Å². The zero-order valence-electron chi connectivity index (χ0n) is 14.6. The lowest BCUT2D eigenvalue weighted by atomic mass is 10.1. The molecule has 2 aromatic rings. The number of hydrazine groups is 1.